The molecule has 3 rings (SSSR count). The van der Waals surface area contributed by atoms with Gasteiger partial charge in [0.2, 0.25) is 0 Å². The van der Waals surface area contributed by atoms with Crippen molar-refractivity contribution in [1.29, 1.82) is 0 Å². The third-order valence-corrected chi connectivity index (χ3v) is 5.31. The Morgan fingerprint density at radius 1 is 1.20 bits per heavy atom. The summed E-state index contributed by atoms with van der Waals surface area (Å²) in [5, 5.41) is 2.08. The lowest BCUT2D eigenvalue weighted by molar-refractivity contribution is 0.208. The number of fused-ring (bicyclic) bond motifs is 4. The second-order valence-electron chi connectivity index (χ2n) is 3.31. The summed E-state index contributed by atoms with van der Waals surface area (Å²) < 4.78 is 0. The minimum absolute atomic E-state index is 0.422. The molecule has 3 aliphatic rings. The molecule has 0 aliphatic carbocycles. The lowest BCUT2D eigenvalue weighted by Crippen LogP contribution is -2.41. The van der Waals surface area contributed by atoms with Crippen LogP contribution in [0.1, 0.15) is 12.8 Å². The predicted molar refractivity (Wildman–Crippen MR) is 45.4 cm³/mol. The van der Waals surface area contributed by atoms with Crippen LogP contribution >= 0.6 is 7.92 Å². The molecule has 0 amide bonds. The minimum atomic E-state index is 0.422. The van der Waals surface area contributed by atoms with Gasteiger partial charge in [-0.25, -0.2) is 5.01 Å². The van der Waals surface area contributed by atoms with Crippen molar-refractivity contribution in [3.63, 3.8) is 0 Å². The maximum absolute atomic E-state index is 5.86. The van der Waals surface area contributed by atoms with E-state index < -0.39 is 0 Å². The molecule has 3 heteroatoms. The predicted octanol–water partition coefficient (Wildman–Crippen LogP) is 0.820. The zero-order chi connectivity index (χ0) is 6.97. The van der Waals surface area contributed by atoms with E-state index in [2.05, 4.69) is 5.01 Å². The highest BCUT2D eigenvalue weighted by Crippen LogP contribution is 2.44. The molecule has 3 aliphatic heterocycles. The number of hydrogen-bond acceptors (Lipinski definition) is 2. The summed E-state index contributed by atoms with van der Waals surface area (Å²) in [5.41, 5.74) is 0. The lowest BCUT2D eigenvalue weighted by Gasteiger charge is -2.27. The Hall–Kier alpha value is 0.350. The molecule has 58 valence electrons. The quantitative estimate of drug-likeness (QED) is 0.417. The summed E-state index contributed by atoms with van der Waals surface area (Å²) in [5.74, 6) is 5.86. The maximum Gasteiger partial charge on any atom is 0.0248 e. The molecule has 0 unspecified atom stereocenters. The average molecular weight is 158 g/mol. The molecule has 3 heterocycles. The van der Waals surface area contributed by atoms with Gasteiger partial charge >= 0.3 is 0 Å². The van der Waals surface area contributed by atoms with E-state index >= 15 is 0 Å². The van der Waals surface area contributed by atoms with Gasteiger partial charge in [0.1, 0.15) is 0 Å². The van der Waals surface area contributed by atoms with Crippen LogP contribution in [-0.2, 0) is 0 Å². The Kier molecular flexibility index (Phi) is 1.94. The first-order chi connectivity index (χ1) is 4.86. The van der Waals surface area contributed by atoms with Gasteiger partial charge in [0.25, 0.3) is 0 Å². The van der Waals surface area contributed by atoms with E-state index in [0.717, 1.165) is 12.6 Å². The molecule has 2 nitrogen and oxygen atoms in total. The zero-order valence-electron chi connectivity index (χ0n) is 6.29. The summed E-state index contributed by atoms with van der Waals surface area (Å²) in [6, 6.07) is 0.737. The van der Waals surface area contributed by atoms with Crippen LogP contribution < -0.4 is 5.84 Å². The van der Waals surface area contributed by atoms with E-state index in [1.165, 1.54) is 31.3 Å². The zero-order valence-corrected chi connectivity index (χ0v) is 7.19. The van der Waals surface area contributed by atoms with E-state index in [0.29, 0.717) is 7.92 Å². The molecular formula is C7H15N2P. The van der Waals surface area contributed by atoms with Crippen LogP contribution in [0.3, 0.4) is 0 Å². The topological polar surface area (TPSA) is 29.3 Å². The van der Waals surface area contributed by atoms with Crippen LogP contribution in [0.4, 0.5) is 0 Å². The van der Waals surface area contributed by atoms with Gasteiger partial charge in [0.15, 0.2) is 0 Å². The van der Waals surface area contributed by atoms with Gasteiger partial charge < -0.3 is 0 Å². The van der Waals surface area contributed by atoms with Crippen LogP contribution in [0, 0.1) is 0 Å². The van der Waals surface area contributed by atoms with Crippen LogP contribution in [0.15, 0.2) is 0 Å². The maximum atomic E-state index is 5.86. The van der Waals surface area contributed by atoms with Crippen molar-refractivity contribution >= 4 is 7.92 Å². The Labute approximate surface area is 63.5 Å². The molecule has 0 radical (unpaired) electrons. The minimum Gasteiger partial charge on any atom is -0.269 e. The summed E-state index contributed by atoms with van der Waals surface area (Å²) >= 11 is 0. The van der Waals surface area contributed by atoms with Gasteiger partial charge in [-0.3, -0.25) is 5.84 Å². The molecule has 2 N–H and O–H groups in total. The summed E-state index contributed by atoms with van der Waals surface area (Å²) in [6.45, 7) is 1.16. The molecule has 0 spiro atoms. The molecule has 0 atom stereocenters. The first-order valence-corrected chi connectivity index (χ1v) is 6.00. The monoisotopic (exact) mass is 158 g/mol. The normalized spacial score (nSPS) is 41.7. The fourth-order valence-corrected chi connectivity index (χ4v) is 4.43. The van der Waals surface area contributed by atoms with E-state index in [1.54, 1.807) is 0 Å². The first kappa shape index (κ1) is 7.02. The largest absolute Gasteiger partial charge is 0.269 e. The van der Waals surface area contributed by atoms with E-state index in [-0.39, 0.29) is 0 Å². The van der Waals surface area contributed by atoms with E-state index in [9.17, 15) is 0 Å². The van der Waals surface area contributed by atoms with Gasteiger partial charge in [-0.2, -0.15) is 0 Å². The van der Waals surface area contributed by atoms with Crippen molar-refractivity contribution in [2.24, 2.45) is 5.84 Å². The summed E-state index contributed by atoms with van der Waals surface area (Å²) in [4.78, 5) is 0. The standard InChI is InChI=1S/C7H15N2P/c8-9-3-6-10-4-1-7(9)2-5-10/h7H,1-6,8H2. The van der Waals surface area contributed by atoms with Gasteiger partial charge in [-0.1, -0.05) is 0 Å². The van der Waals surface area contributed by atoms with Crippen LogP contribution in [-0.4, -0.2) is 36.1 Å². The molecule has 10 heavy (non-hydrogen) atoms. The van der Waals surface area contributed by atoms with Crippen molar-refractivity contribution in [3.8, 4) is 0 Å². The number of nitrogens with two attached hydrogens (primary N) is 1. The molecule has 0 aromatic heterocycles. The Balaban J connectivity index is 2.07. The van der Waals surface area contributed by atoms with Gasteiger partial charge in [0, 0.05) is 12.6 Å². The van der Waals surface area contributed by atoms with Crippen molar-refractivity contribution in [3.05, 3.63) is 0 Å². The lowest BCUT2D eigenvalue weighted by atomic mass is 10.1. The Morgan fingerprint density at radius 2 is 1.90 bits per heavy atom. The third kappa shape index (κ3) is 1.20. The Morgan fingerprint density at radius 3 is 2.60 bits per heavy atom. The van der Waals surface area contributed by atoms with E-state index in [4.69, 9.17) is 5.84 Å². The smallest absolute Gasteiger partial charge is 0.0248 e. The second-order valence-corrected chi connectivity index (χ2v) is 5.99. The highest BCUT2D eigenvalue weighted by atomic mass is 31.1. The highest BCUT2D eigenvalue weighted by molar-refractivity contribution is 7.57. The number of hydrazine groups is 1. The summed E-state index contributed by atoms with van der Waals surface area (Å²) in [6.07, 6.45) is 7.15. The van der Waals surface area contributed by atoms with Crippen molar-refractivity contribution in [2.75, 3.05) is 25.0 Å². The van der Waals surface area contributed by atoms with Crippen LogP contribution in [0.25, 0.3) is 0 Å². The fourth-order valence-electron chi connectivity index (χ4n) is 1.91. The molecule has 0 saturated carbocycles. The van der Waals surface area contributed by atoms with Gasteiger partial charge in [-0.05, 0) is 31.3 Å². The van der Waals surface area contributed by atoms with Crippen molar-refractivity contribution in [1.82, 2.24) is 5.01 Å². The molecule has 3 saturated heterocycles. The molecular weight excluding hydrogens is 143 g/mol. The van der Waals surface area contributed by atoms with Crippen LogP contribution in [0.5, 0.6) is 0 Å². The SMILES string of the molecule is NN1CCP2CCC1CC2. The number of rotatable bonds is 0. The summed E-state index contributed by atoms with van der Waals surface area (Å²) in [7, 11) is 0.422. The fraction of sp³-hybridized carbons (Fsp3) is 1.00. The highest BCUT2D eigenvalue weighted by Gasteiger charge is 2.27. The third-order valence-electron chi connectivity index (χ3n) is 2.70. The Bertz CT molecular complexity index is 121. The molecule has 0 aromatic carbocycles. The number of nitrogens with zero attached hydrogens (tertiary/aromatic N) is 1. The van der Waals surface area contributed by atoms with Crippen molar-refractivity contribution in [2.45, 2.75) is 18.9 Å². The van der Waals surface area contributed by atoms with Gasteiger partial charge in [0.05, 0.1) is 0 Å². The molecule has 0 aromatic rings. The molecule has 3 fully saturated rings. The van der Waals surface area contributed by atoms with E-state index in [1.807, 2.05) is 0 Å². The van der Waals surface area contributed by atoms with Gasteiger partial charge in [-0.15, -0.1) is 7.92 Å². The first-order valence-electron chi connectivity index (χ1n) is 4.10. The number of hydrogen-bond donors (Lipinski definition) is 1. The van der Waals surface area contributed by atoms with Crippen molar-refractivity contribution < 1.29 is 0 Å². The second kappa shape index (κ2) is 2.77. The average Bonchev–Trinajstić information content (AvgIpc) is 2.24. The molecule has 2 bridgehead atoms. The van der Waals surface area contributed by atoms with Crippen LogP contribution in [0.2, 0.25) is 0 Å².